The summed E-state index contributed by atoms with van der Waals surface area (Å²) >= 11 is 6.12. The van der Waals surface area contributed by atoms with Gasteiger partial charge in [-0.15, -0.1) is 0 Å². The molecule has 0 unspecified atom stereocenters. The third-order valence-electron chi connectivity index (χ3n) is 3.25. The van der Waals surface area contributed by atoms with E-state index < -0.39 is 5.82 Å². The minimum atomic E-state index is -0.391. The first-order valence-corrected chi connectivity index (χ1v) is 6.78. The molecule has 0 aliphatic heterocycles. The van der Waals surface area contributed by atoms with Crippen LogP contribution in [0.3, 0.4) is 0 Å². The number of para-hydroxylation sites is 1. The molecule has 0 aliphatic rings. The van der Waals surface area contributed by atoms with Crippen molar-refractivity contribution in [2.45, 2.75) is 13.3 Å². The molecular weight excluding hydrogens is 275 g/mol. The van der Waals surface area contributed by atoms with Gasteiger partial charge in [0.25, 0.3) is 0 Å². The summed E-state index contributed by atoms with van der Waals surface area (Å²) in [6.45, 7) is 2.09. The van der Waals surface area contributed by atoms with Crippen LogP contribution in [0.1, 0.15) is 12.5 Å². The van der Waals surface area contributed by atoms with Crippen LogP contribution in [-0.4, -0.2) is 9.97 Å². The van der Waals surface area contributed by atoms with Crippen molar-refractivity contribution in [2.75, 3.05) is 0 Å². The first-order valence-electron chi connectivity index (χ1n) is 6.40. The van der Waals surface area contributed by atoms with Gasteiger partial charge in [-0.2, -0.15) is 0 Å². The molecule has 1 heterocycles. The van der Waals surface area contributed by atoms with Crippen molar-refractivity contribution in [2.24, 2.45) is 0 Å². The van der Waals surface area contributed by atoms with Crippen molar-refractivity contribution >= 4 is 22.5 Å². The van der Waals surface area contributed by atoms with Gasteiger partial charge in [0.2, 0.25) is 0 Å². The maximum Gasteiger partial charge on any atom is 0.161 e. The van der Waals surface area contributed by atoms with Gasteiger partial charge >= 0.3 is 0 Å². The Balaban J connectivity index is 2.18. The van der Waals surface area contributed by atoms with E-state index in [1.54, 1.807) is 12.1 Å². The fourth-order valence-electron chi connectivity index (χ4n) is 2.10. The third kappa shape index (κ3) is 2.25. The third-order valence-corrected chi connectivity index (χ3v) is 3.54. The van der Waals surface area contributed by atoms with E-state index in [2.05, 4.69) is 16.9 Å². The molecule has 1 aromatic heterocycles. The maximum atomic E-state index is 13.8. The molecule has 100 valence electrons. The molecule has 0 saturated heterocycles. The Labute approximate surface area is 121 Å². The molecule has 2 nitrogen and oxygen atoms in total. The number of aryl methyl sites for hydroxylation is 1. The molecule has 0 radical (unpaired) electrons. The van der Waals surface area contributed by atoms with Crippen LogP contribution >= 0.6 is 11.6 Å². The molecule has 3 rings (SSSR count). The minimum Gasteiger partial charge on any atom is -0.225 e. The van der Waals surface area contributed by atoms with Crippen molar-refractivity contribution in [3.63, 3.8) is 0 Å². The van der Waals surface area contributed by atoms with Gasteiger partial charge in [-0.1, -0.05) is 48.9 Å². The fourth-order valence-corrected chi connectivity index (χ4v) is 2.33. The van der Waals surface area contributed by atoms with E-state index in [0.29, 0.717) is 11.2 Å². The lowest BCUT2D eigenvalue weighted by Crippen LogP contribution is -1.94. The van der Waals surface area contributed by atoms with Crippen molar-refractivity contribution in [1.29, 1.82) is 0 Å². The van der Waals surface area contributed by atoms with E-state index in [1.165, 1.54) is 11.6 Å². The van der Waals surface area contributed by atoms with Crippen LogP contribution in [-0.2, 0) is 6.42 Å². The van der Waals surface area contributed by atoms with Crippen molar-refractivity contribution in [3.8, 4) is 11.4 Å². The molecule has 0 aliphatic carbocycles. The lowest BCUT2D eigenvalue weighted by Gasteiger charge is -2.06. The zero-order chi connectivity index (χ0) is 14.1. The molecule has 3 aromatic rings. The number of fused-ring (bicyclic) bond motifs is 1. The van der Waals surface area contributed by atoms with Crippen molar-refractivity contribution < 1.29 is 4.39 Å². The molecule has 2 aromatic carbocycles. The Bertz CT molecular complexity index is 769. The highest BCUT2D eigenvalue weighted by molar-refractivity contribution is 6.34. The maximum absolute atomic E-state index is 13.8. The molecule has 0 saturated carbocycles. The summed E-state index contributed by atoms with van der Waals surface area (Å²) in [7, 11) is 0. The van der Waals surface area contributed by atoms with Crippen LogP contribution in [0.2, 0.25) is 5.15 Å². The van der Waals surface area contributed by atoms with Crippen LogP contribution in [0.25, 0.3) is 22.3 Å². The van der Waals surface area contributed by atoms with E-state index >= 15 is 0 Å². The van der Waals surface area contributed by atoms with Gasteiger partial charge < -0.3 is 0 Å². The average Bonchev–Trinajstić information content (AvgIpc) is 2.48. The molecule has 4 heteroatoms. The van der Waals surface area contributed by atoms with Crippen molar-refractivity contribution in [1.82, 2.24) is 9.97 Å². The van der Waals surface area contributed by atoms with E-state index in [4.69, 9.17) is 11.6 Å². The van der Waals surface area contributed by atoms with Gasteiger partial charge in [0.15, 0.2) is 5.82 Å². The smallest absolute Gasteiger partial charge is 0.161 e. The Kier molecular flexibility index (Phi) is 3.36. The predicted octanol–water partition coefficient (Wildman–Crippen LogP) is 4.65. The number of aromatic nitrogens is 2. The molecule has 0 N–H and O–H groups in total. The summed E-state index contributed by atoms with van der Waals surface area (Å²) < 4.78 is 13.8. The average molecular weight is 287 g/mol. The highest BCUT2D eigenvalue weighted by Crippen LogP contribution is 2.26. The lowest BCUT2D eigenvalue weighted by atomic mass is 10.1. The quantitative estimate of drug-likeness (QED) is 0.641. The first kappa shape index (κ1) is 13.0. The number of rotatable bonds is 2. The zero-order valence-corrected chi connectivity index (χ0v) is 11.7. The Morgan fingerprint density at radius 1 is 1.05 bits per heavy atom. The normalized spacial score (nSPS) is 10.9. The largest absolute Gasteiger partial charge is 0.225 e. The summed E-state index contributed by atoms with van der Waals surface area (Å²) in [5.41, 5.74) is 2.31. The van der Waals surface area contributed by atoms with E-state index in [-0.39, 0.29) is 10.7 Å². The van der Waals surface area contributed by atoms with Crippen LogP contribution in [0, 0.1) is 5.82 Å². The van der Waals surface area contributed by atoms with Crippen LogP contribution < -0.4 is 0 Å². The minimum absolute atomic E-state index is 0.252. The zero-order valence-electron chi connectivity index (χ0n) is 10.9. The van der Waals surface area contributed by atoms with E-state index in [9.17, 15) is 4.39 Å². The second-order valence-electron chi connectivity index (χ2n) is 4.52. The van der Waals surface area contributed by atoms with Gasteiger partial charge in [0.05, 0.1) is 0 Å². The van der Waals surface area contributed by atoms with E-state index in [0.717, 1.165) is 12.0 Å². The number of nitrogens with zero attached hydrogens (tertiary/aromatic N) is 2. The monoisotopic (exact) mass is 286 g/mol. The number of hydrogen-bond acceptors (Lipinski definition) is 2. The molecule has 0 atom stereocenters. The Hall–Kier alpha value is -2.00. The first-order chi connectivity index (χ1) is 9.69. The van der Waals surface area contributed by atoms with E-state index in [1.807, 2.05) is 24.3 Å². The van der Waals surface area contributed by atoms with Crippen molar-refractivity contribution in [3.05, 3.63) is 59.0 Å². The fraction of sp³-hybridized carbons (Fsp3) is 0.125. The molecule has 0 fully saturated rings. The topological polar surface area (TPSA) is 25.8 Å². The summed E-state index contributed by atoms with van der Waals surface area (Å²) in [4.78, 5) is 8.55. The number of hydrogen-bond donors (Lipinski definition) is 0. The van der Waals surface area contributed by atoms with Gasteiger partial charge in [-0.3, -0.25) is 0 Å². The molecule has 0 spiro atoms. The Morgan fingerprint density at radius 3 is 2.50 bits per heavy atom. The SMILES string of the molecule is CCc1ccc(-c2nc(Cl)c3cccc(F)c3n2)cc1. The number of benzene rings is 2. The molecule has 0 amide bonds. The summed E-state index contributed by atoms with van der Waals surface area (Å²) in [6, 6.07) is 12.6. The predicted molar refractivity (Wildman–Crippen MR) is 79.3 cm³/mol. The van der Waals surface area contributed by atoms with Gasteiger partial charge in [-0.25, -0.2) is 14.4 Å². The second-order valence-corrected chi connectivity index (χ2v) is 4.88. The summed E-state index contributed by atoms with van der Waals surface area (Å²) in [5, 5.41) is 0.796. The van der Waals surface area contributed by atoms with Crippen LogP contribution in [0.5, 0.6) is 0 Å². The Morgan fingerprint density at radius 2 is 1.80 bits per heavy atom. The van der Waals surface area contributed by atoms with Gasteiger partial charge in [0.1, 0.15) is 16.5 Å². The van der Waals surface area contributed by atoms with Gasteiger partial charge in [-0.05, 0) is 24.1 Å². The second kappa shape index (κ2) is 5.17. The standard InChI is InChI=1S/C16H12ClFN2/c1-2-10-6-8-11(9-7-10)16-19-14-12(15(17)20-16)4-3-5-13(14)18/h3-9H,2H2,1H3. The summed E-state index contributed by atoms with van der Waals surface area (Å²) in [5.74, 6) is 0.0495. The highest BCUT2D eigenvalue weighted by atomic mass is 35.5. The van der Waals surface area contributed by atoms with Crippen LogP contribution in [0.15, 0.2) is 42.5 Å². The lowest BCUT2D eigenvalue weighted by molar-refractivity contribution is 0.636. The van der Waals surface area contributed by atoms with Crippen LogP contribution in [0.4, 0.5) is 4.39 Å². The molecule has 20 heavy (non-hydrogen) atoms. The molecular formula is C16H12ClFN2. The van der Waals surface area contributed by atoms with Gasteiger partial charge in [0, 0.05) is 10.9 Å². The summed E-state index contributed by atoms with van der Waals surface area (Å²) in [6.07, 6.45) is 0.967. The highest BCUT2D eigenvalue weighted by Gasteiger charge is 2.10. The number of halogens is 2. The molecule has 0 bridgehead atoms.